The standard InChI is InChI=1S/C21H33NO4/c1-2-3-4-5-6-7-8-9-10-14-17-26-21(25)22-19(20(23)24)18-15-12-11-13-16-18/h11-13,15-16,19H,2-10,14,17H2,1H3,(H,22,25)(H,23,24)/t19-/m0/s1. The molecule has 0 saturated carbocycles. The van der Waals surface area contributed by atoms with Crippen molar-refractivity contribution in [3.8, 4) is 0 Å². The first-order valence-corrected chi connectivity index (χ1v) is 9.86. The van der Waals surface area contributed by atoms with Crippen molar-refractivity contribution in [2.24, 2.45) is 0 Å². The molecule has 5 nitrogen and oxygen atoms in total. The second-order valence-electron chi connectivity index (χ2n) is 6.64. The van der Waals surface area contributed by atoms with Gasteiger partial charge < -0.3 is 15.2 Å². The van der Waals surface area contributed by atoms with E-state index in [1.165, 1.54) is 44.9 Å². The summed E-state index contributed by atoms with van der Waals surface area (Å²) < 4.78 is 5.10. The second kappa shape index (κ2) is 14.2. The lowest BCUT2D eigenvalue weighted by Gasteiger charge is -2.14. The van der Waals surface area contributed by atoms with Gasteiger partial charge in [-0.05, 0) is 12.0 Å². The molecule has 1 aromatic rings. The third-order valence-electron chi connectivity index (χ3n) is 4.37. The van der Waals surface area contributed by atoms with Crippen molar-refractivity contribution in [3.05, 3.63) is 35.9 Å². The number of hydrogen-bond donors (Lipinski definition) is 2. The van der Waals surface area contributed by atoms with Crippen LogP contribution >= 0.6 is 0 Å². The Hall–Kier alpha value is -2.04. The molecule has 1 atom stereocenters. The van der Waals surface area contributed by atoms with Gasteiger partial charge in [0.2, 0.25) is 0 Å². The SMILES string of the molecule is CCCCCCCCCCCCOC(=O)N[C@H](C(=O)O)c1ccccc1. The molecule has 1 rings (SSSR count). The molecule has 1 amide bonds. The van der Waals surface area contributed by atoms with E-state index in [4.69, 9.17) is 4.74 Å². The van der Waals surface area contributed by atoms with E-state index in [0.29, 0.717) is 12.2 Å². The maximum atomic E-state index is 11.8. The number of carboxylic acids is 1. The van der Waals surface area contributed by atoms with Gasteiger partial charge in [-0.15, -0.1) is 0 Å². The Morgan fingerprint density at radius 3 is 2.00 bits per heavy atom. The summed E-state index contributed by atoms with van der Waals surface area (Å²) in [5.41, 5.74) is 0.524. The Morgan fingerprint density at radius 1 is 0.923 bits per heavy atom. The quantitative estimate of drug-likeness (QED) is 0.430. The summed E-state index contributed by atoms with van der Waals surface area (Å²) in [4.78, 5) is 23.1. The second-order valence-corrected chi connectivity index (χ2v) is 6.64. The number of unbranched alkanes of at least 4 members (excludes halogenated alkanes) is 9. The molecule has 0 aliphatic rings. The van der Waals surface area contributed by atoms with Crippen LogP contribution in [-0.4, -0.2) is 23.8 Å². The Labute approximate surface area is 157 Å². The molecule has 0 radical (unpaired) electrons. The van der Waals surface area contributed by atoms with E-state index in [9.17, 15) is 14.7 Å². The van der Waals surface area contributed by atoms with E-state index >= 15 is 0 Å². The molecule has 0 unspecified atom stereocenters. The van der Waals surface area contributed by atoms with E-state index in [2.05, 4.69) is 12.2 Å². The number of rotatable bonds is 14. The lowest BCUT2D eigenvalue weighted by atomic mass is 10.1. The van der Waals surface area contributed by atoms with Crippen LogP contribution in [0, 0.1) is 0 Å². The van der Waals surface area contributed by atoms with Gasteiger partial charge >= 0.3 is 12.1 Å². The highest BCUT2D eigenvalue weighted by Crippen LogP contribution is 2.13. The average Bonchev–Trinajstić information content (AvgIpc) is 2.64. The number of amides is 1. The molecule has 5 heteroatoms. The molecule has 1 aromatic carbocycles. The first kappa shape index (κ1) is 22.0. The summed E-state index contributed by atoms with van der Waals surface area (Å²) in [5.74, 6) is -1.10. The molecule has 0 saturated heterocycles. The molecule has 26 heavy (non-hydrogen) atoms. The van der Waals surface area contributed by atoms with Crippen molar-refractivity contribution in [2.75, 3.05) is 6.61 Å². The van der Waals surface area contributed by atoms with Crippen molar-refractivity contribution >= 4 is 12.1 Å². The van der Waals surface area contributed by atoms with Crippen LogP contribution in [0.3, 0.4) is 0 Å². The summed E-state index contributed by atoms with van der Waals surface area (Å²) in [6.07, 6.45) is 11.4. The number of carbonyl (C=O) groups excluding carboxylic acids is 1. The first-order chi connectivity index (χ1) is 12.6. The predicted molar refractivity (Wildman–Crippen MR) is 103 cm³/mol. The van der Waals surface area contributed by atoms with Gasteiger partial charge in [-0.25, -0.2) is 9.59 Å². The molecule has 0 spiro atoms. The van der Waals surface area contributed by atoms with E-state index in [0.717, 1.165) is 19.3 Å². The van der Waals surface area contributed by atoms with Crippen molar-refractivity contribution in [1.29, 1.82) is 0 Å². The lowest BCUT2D eigenvalue weighted by Crippen LogP contribution is -2.34. The maximum absolute atomic E-state index is 11.8. The molecule has 0 aromatic heterocycles. The number of nitrogens with one attached hydrogen (secondary N) is 1. The highest BCUT2D eigenvalue weighted by molar-refractivity contribution is 5.81. The number of ether oxygens (including phenoxy) is 1. The molecular formula is C21H33NO4. The third kappa shape index (κ3) is 10.1. The van der Waals surface area contributed by atoms with Crippen LogP contribution < -0.4 is 5.32 Å². The molecule has 0 bridgehead atoms. The molecule has 0 aliphatic heterocycles. The summed E-state index contributed by atoms with van der Waals surface area (Å²) >= 11 is 0. The summed E-state index contributed by atoms with van der Waals surface area (Å²) in [7, 11) is 0. The molecule has 146 valence electrons. The van der Waals surface area contributed by atoms with Crippen LogP contribution in [-0.2, 0) is 9.53 Å². The highest BCUT2D eigenvalue weighted by Gasteiger charge is 2.22. The Balaban J connectivity index is 2.08. The van der Waals surface area contributed by atoms with E-state index < -0.39 is 18.1 Å². The molecule has 2 N–H and O–H groups in total. The van der Waals surface area contributed by atoms with Crippen molar-refractivity contribution in [3.63, 3.8) is 0 Å². The molecule has 0 aliphatic carbocycles. The fourth-order valence-corrected chi connectivity index (χ4v) is 2.85. The van der Waals surface area contributed by atoms with Gasteiger partial charge in [0.1, 0.15) is 0 Å². The molecule has 0 fully saturated rings. The Kier molecular flexibility index (Phi) is 12.0. The molecule has 0 heterocycles. The predicted octanol–water partition coefficient (Wildman–Crippen LogP) is 5.46. The normalized spacial score (nSPS) is 11.7. The van der Waals surface area contributed by atoms with Gasteiger partial charge in [-0.2, -0.15) is 0 Å². The minimum absolute atomic E-state index is 0.323. The van der Waals surface area contributed by atoms with Gasteiger partial charge in [-0.3, -0.25) is 0 Å². The largest absolute Gasteiger partial charge is 0.479 e. The zero-order chi connectivity index (χ0) is 19.0. The topological polar surface area (TPSA) is 75.6 Å². The van der Waals surface area contributed by atoms with Crippen LogP contribution in [0.5, 0.6) is 0 Å². The number of carboxylic acid groups (broad SMARTS) is 1. The minimum Gasteiger partial charge on any atom is -0.479 e. The van der Waals surface area contributed by atoms with Gasteiger partial charge in [0.05, 0.1) is 6.61 Å². The maximum Gasteiger partial charge on any atom is 0.408 e. The van der Waals surface area contributed by atoms with Crippen molar-refractivity contribution in [2.45, 2.75) is 77.2 Å². The average molecular weight is 363 g/mol. The Bertz CT molecular complexity index is 504. The van der Waals surface area contributed by atoms with Gasteiger partial charge in [0, 0.05) is 0 Å². The first-order valence-electron chi connectivity index (χ1n) is 9.86. The van der Waals surface area contributed by atoms with Crippen LogP contribution in [0.4, 0.5) is 4.79 Å². The summed E-state index contributed by atoms with van der Waals surface area (Å²) in [5, 5.41) is 11.7. The van der Waals surface area contributed by atoms with E-state index in [1.54, 1.807) is 30.3 Å². The highest BCUT2D eigenvalue weighted by atomic mass is 16.5. The monoisotopic (exact) mass is 363 g/mol. The van der Waals surface area contributed by atoms with Gasteiger partial charge in [0.25, 0.3) is 0 Å². The number of carbonyl (C=O) groups is 2. The summed E-state index contributed by atoms with van der Waals surface area (Å²) in [6, 6.07) is 7.52. The van der Waals surface area contributed by atoms with Crippen LogP contribution in [0.2, 0.25) is 0 Å². The minimum atomic E-state index is -1.10. The van der Waals surface area contributed by atoms with Crippen LogP contribution in [0.25, 0.3) is 0 Å². The van der Waals surface area contributed by atoms with Gasteiger partial charge in [-0.1, -0.05) is 95.0 Å². The smallest absolute Gasteiger partial charge is 0.408 e. The number of hydrogen-bond acceptors (Lipinski definition) is 3. The fraction of sp³-hybridized carbons (Fsp3) is 0.619. The van der Waals surface area contributed by atoms with Gasteiger partial charge in [0.15, 0.2) is 6.04 Å². The number of aliphatic carboxylic acids is 1. The summed E-state index contributed by atoms with van der Waals surface area (Å²) in [6.45, 7) is 2.55. The zero-order valence-electron chi connectivity index (χ0n) is 15.9. The fourth-order valence-electron chi connectivity index (χ4n) is 2.85. The lowest BCUT2D eigenvalue weighted by molar-refractivity contribution is -0.139. The van der Waals surface area contributed by atoms with Crippen molar-refractivity contribution < 1.29 is 19.4 Å². The van der Waals surface area contributed by atoms with Crippen molar-refractivity contribution in [1.82, 2.24) is 5.32 Å². The zero-order valence-corrected chi connectivity index (χ0v) is 15.9. The molecular weight excluding hydrogens is 330 g/mol. The Morgan fingerprint density at radius 2 is 1.46 bits per heavy atom. The van der Waals surface area contributed by atoms with Crippen LogP contribution in [0.15, 0.2) is 30.3 Å². The van der Waals surface area contributed by atoms with E-state index in [1.807, 2.05) is 0 Å². The van der Waals surface area contributed by atoms with E-state index in [-0.39, 0.29) is 0 Å². The van der Waals surface area contributed by atoms with Crippen LogP contribution in [0.1, 0.15) is 82.7 Å². The number of benzene rings is 1. The third-order valence-corrected chi connectivity index (χ3v) is 4.37. The number of alkyl carbamates (subject to hydrolysis) is 1.